The molecule has 66 valence electrons. The van der Waals surface area contributed by atoms with Crippen molar-refractivity contribution in [2.24, 2.45) is 0 Å². The molecule has 2 nitrogen and oxygen atoms in total. The van der Waals surface area contributed by atoms with Crippen molar-refractivity contribution in [2.75, 3.05) is 6.61 Å². The van der Waals surface area contributed by atoms with Crippen LogP contribution in [0.4, 0.5) is 0 Å². The molecule has 0 aliphatic rings. The van der Waals surface area contributed by atoms with Gasteiger partial charge in [0.15, 0.2) is 11.5 Å². The summed E-state index contributed by atoms with van der Waals surface area (Å²) in [5, 5.41) is 9.36. The molecule has 1 rings (SSSR count). The zero-order chi connectivity index (χ0) is 8.97. The van der Waals surface area contributed by atoms with Crippen LogP contribution in [0, 0.1) is 0 Å². The van der Waals surface area contributed by atoms with E-state index in [9.17, 15) is 5.11 Å². The van der Waals surface area contributed by atoms with Gasteiger partial charge in [0.25, 0.3) is 0 Å². The van der Waals surface area contributed by atoms with Crippen LogP contribution in [0.3, 0.4) is 0 Å². The highest BCUT2D eigenvalue weighted by Gasteiger charge is 2.00. The Bertz CT molecular complexity index is 261. The molecule has 0 saturated heterocycles. The van der Waals surface area contributed by atoms with E-state index in [4.69, 9.17) is 4.74 Å². The molecular weight excluding hydrogens is 220 g/mol. The fourth-order valence-electron chi connectivity index (χ4n) is 0.825. The number of hydrogen-bond acceptors (Lipinski definition) is 2. The van der Waals surface area contributed by atoms with Crippen LogP contribution in [0.15, 0.2) is 22.7 Å². The van der Waals surface area contributed by atoms with E-state index in [0.717, 1.165) is 10.9 Å². The molecule has 0 bridgehead atoms. The number of phenolic OH excluding ortho intramolecular Hbond substituents is 1. The molecule has 0 unspecified atom stereocenters. The van der Waals surface area contributed by atoms with Gasteiger partial charge in [-0.25, -0.2) is 0 Å². The van der Waals surface area contributed by atoms with Gasteiger partial charge >= 0.3 is 0 Å². The summed E-state index contributed by atoms with van der Waals surface area (Å²) >= 11 is 3.25. The summed E-state index contributed by atoms with van der Waals surface area (Å²) in [6, 6.07) is 5.20. The lowest BCUT2D eigenvalue weighted by Gasteiger charge is -2.06. The van der Waals surface area contributed by atoms with Crippen molar-refractivity contribution in [3.05, 3.63) is 22.7 Å². The van der Waals surface area contributed by atoms with Crippen LogP contribution >= 0.6 is 15.9 Å². The zero-order valence-electron chi connectivity index (χ0n) is 6.88. The van der Waals surface area contributed by atoms with Gasteiger partial charge in [-0.05, 0) is 24.6 Å². The highest BCUT2D eigenvalue weighted by molar-refractivity contribution is 9.10. The first-order valence-corrected chi connectivity index (χ1v) is 4.64. The van der Waals surface area contributed by atoms with Crippen molar-refractivity contribution in [2.45, 2.75) is 13.3 Å². The second-order valence-corrected chi connectivity index (χ2v) is 3.38. The number of hydrogen-bond donors (Lipinski definition) is 1. The Balaban J connectivity index is 2.72. The standard InChI is InChI=1S/C9H11BrO2/c1-2-5-12-9-4-3-7(10)6-8(9)11/h3-4,6,11H,2,5H2,1H3. The highest BCUT2D eigenvalue weighted by atomic mass is 79.9. The minimum absolute atomic E-state index is 0.179. The van der Waals surface area contributed by atoms with Gasteiger partial charge in [0.2, 0.25) is 0 Å². The molecule has 0 spiro atoms. The summed E-state index contributed by atoms with van der Waals surface area (Å²) in [5.41, 5.74) is 0. The van der Waals surface area contributed by atoms with Gasteiger partial charge in [0.05, 0.1) is 6.61 Å². The normalized spacial score (nSPS) is 9.83. The van der Waals surface area contributed by atoms with Gasteiger partial charge in [0.1, 0.15) is 0 Å². The van der Waals surface area contributed by atoms with Gasteiger partial charge < -0.3 is 9.84 Å². The van der Waals surface area contributed by atoms with Crippen molar-refractivity contribution in [3.63, 3.8) is 0 Å². The third-order valence-corrected chi connectivity index (χ3v) is 1.88. The lowest BCUT2D eigenvalue weighted by Crippen LogP contribution is -1.94. The minimum atomic E-state index is 0.179. The number of phenols is 1. The second-order valence-electron chi connectivity index (χ2n) is 2.46. The lowest BCUT2D eigenvalue weighted by atomic mass is 10.3. The van der Waals surface area contributed by atoms with Gasteiger partial charge in [-0.15, -0.1) is 0 Å². The largest absolute Gasteiger partial charge is 0.504 e. The van der Waals surface area contributed by atoms with Crippen molar-refractivity contribution in [1.29, 1.82) is 0 Å². The fourth-order valence-corrected chi connectivity index (χ4v) is 1.17. The average Bonchev–Trinajstić information content (AvgIpc) is 2.03. The Morgan fingerprint density at radius 1 is 1.50 bits per heavy atom. The van der Waals surface area contributed by atoms with Crippen molar-refractivity contribution in [3.8, 4) is 11.5 Å². The lowest BCUT2D eigenvalue weighted by molar-refractivity contribution is 0.299. The average molecular weight is 231 g/mol. The number of aromatic hydroxyl groups is 1. The van der Waals surface area contributed by atoms with E-state index < -0.39 is 0 Å². The molecule has 0 amide bonds. The SMILES string of the molecule is CCCOc1ccc(Br)cc1O. The van der Waals surface area contributed by atoms with Gasteiger partial charge in [0, 0.05) is 4.47 Å². The van der Waals surface area contributed by atoms with Crippen LogP contribution in [0.2, 0.25) is 0 Å². The van der Waals surface area contributed by atoms with Crippen molar-refractivity contribution < 1.29 is 9.84 Å². The summed E-state index contributed by atoms with van der Waals surface area (Å²) in [5.74, 6) is 0.720. The molecule has 0 heterocycles. The fraction of sp³-hybridized carbons (Fsp3) is 0.333. The van der Waals surface area contributed by atoms with Gasteiger partial charge in [-0.2, -0.15) is 0 Å². The number of benzene rings is 1. The van der Waals surface area contributed by atoms with E-state index in [-0.39, 0.29) is 5.75 Å². The molecule has 12 heavy (non-hydrogen) atoms. The summed E-state index contributed by atoms with van der Waals surface area (Å²) in [4.78, 5) is 0. The molecule has 0 aromatic heterocycles. The molecule has 1 aromatic carbocycles. The molecule has 0 aliphatic heterocycles. The van der Waals surface area contributed by atoms with Crippen LogP contribution in [0.25, 0.3) is 0 Å². The third-order valence-electron chi connectivity index (χ3n) is 1.38. The molecule has 3 heteroatoms. The Morgan fingerprint density at radius 3 is 2.83 bits per heavy atom. The molecular formula is C9H11BrO2. The smallest absolute Gasteiger partial charge is 0.160 e. The Morgan fingerprint density at radius 2 is 2.25 bits per heavy atom. The predicted molar refractivity (Wildman–Crippen MR) is 51.6 cm³/mol. The van der Waals surface area contributed by atoms with E-state index in [1.165, 1.54) is 0 Å². The third kappa shape index (κ3) is 2.41. The Kier molecular flexibility index (Phi) is 3.41. The van der Waals surface area contributed by atoms with Gasteiger partial charge in [-0.1, -0.05) is 22.9 Å². The Labute approximate surface area is 80.3 Å². The maximum atomic E-state index is 9.36. The van der Waals surface area contributed by atoms with Gasteiger partial charge in [-0.3, -0.25) is 0 Å². The maximum Gasteiger partial charge on any atom is 0.160 e. The summed E-state index contributed by atoms with van der Waals surface area (Å²) in [6.45, 7) is 2.66. The predicted octanol–water partition coefficient (Wildman–Crippen LogP) is 2.94. The summed E-state index contributed by atoms with van der Waals surface area (Å²) in [7, 11) is 0. The molecule has 0 fully saturated rings. The first-order valence-electron chi connectivity index (χ1n) is 3.85. The number of halogens is 1. The molecule has 0 atom stereocenters. The monoisotopic (exact) mass is 230 g/mol. The van der Waals surface area contributed by atoms with Crippen LogP contribution in [-0.2, 0) is 0 Å². The summed E-state index contributed by atoms with van der Waals surface area (Å²) < 4.78 is 6.12. The van der Waals surface area contributed by atoms with Crippen molar-refractivity contribution in [1.82, 2.24) is 0 Å². The van der Waals surface area contributed by atoms with Crippen LogP contribution in [0.1, 0.15) is 13.3 Å². The summed E-state index contributed by atoms with van der Waals surface area (Å²) in [6.07, 6.45) is 0.940. The molecule has 0 radical (unpaired) electrons. The zero-order valence-corrected chi connectivity index (χ0v) is 8.47. The van der Waals surface area contributed by atoms with Crippen molar-refractivity contribution >= 4 is 15.9 Å². The van der Waals surface area contributed by atoms with E-state index >= 15 is 0 Å². The topological polar surface area (TPSA) is 29.5 Å². The van der Waals surface area contributed by atoms with E-state index in [2.05, 4.69) is 15.9 Å². The quantitative estimate of drug-likeness (QED) is 0.866. The second kappa shape index (κ2) is 4.36. The molecule has 0 saturated carbocycles. The molecule has 1 N–H and O–H groups in total. The first kappa shape index (κ1) is 9.39. The van der Waals surface area contributed by atoms with E-state index in [1.54, 1.807) is 12.1 Å². The first-order chi connectivity index (χ1) is 5.74. The van der Waals surface area contributed by atoms with Crippen LogP contribution in [-0.4, -0.2) is 11.7 Å². The van der Waals surface area contributed by atoms with Crippen LogP contribution < -0.4 is 4.74 Å². The Hall–Kier alpha value is -0.700. The molecule has 0 aliphatic carbocycles. The van der Waals surface area contributed by atoms with E-state index in [1.807, 2.05) is 13.0 Å². The number of rotatable bonds is 3. The molecule has 1 aromatic rings. The maximum absolute atomic E-state index is 9.36. The minimum Gasteiger partial charge on any atom is -0.504 e. The number of ether oxygens (including phenoxy) is 1. The highest BCUT2D eigenvalue weighted by Crippen LogP contribution is 2.28. The van der Waals surface area contributed by atoms with E-state index in [0.29, 0.717) is 12.4 Å². The van der Waals surface area contributed by atoms with Crippen LogP contribution in [0.5, 0.6) is 11.5 Å².